The van der Waals surface area contributed by atoms with E-state index in [2.05, 4.69) is 9.44 Å². The van der Waals surface area contributed by atoms with Crippen molar-refractivity contribution in [3.63, 3.8) is 0 Å². The maximum Gasteiger partial charge on any atom is 0.0675 e. The van der Waals surface area contributed by atoms with Gasteiger partial charge in [0.05, 0.1) is 9.83 Å². The molecule has 0 spiro atoms. The smallest absolute Gasteiger partial charge is 0.0675 e. The summed E-state index contributed by atoms with van der Waals surface area (Å²) in [6.07, 6.45) is 3.60. The zero-order valence-electron chi connectivity index (χ0n) is 2.97. The Kier molecular flexibility index (Phi) is 1.07. The van der Waals surface area contributed by atoms with Crippen LogP contribution in [0.3, 0.4) is 0 Å². The van der Waals surface area contributed by atoms with Gasteiger partial charge in [0, 0.05) is 12.4 Å². The van der Waals surface area contributed by atoms with E-state index < -0.39 is 0 Å². The molecule has 2 N–H and O–H groups in total. The van der Waals surface area contributed by atoms with Crippen molar-refractivity contribution in [2.75, 3.05) is 0 Å². The number of hydrogen-bond acceptors (Lipinski definition) is 1. The molecule has 0 saturated carbocycles. The van der Waals surface area contributed by atoms with Crippen molar-refractivity contribution < 1.29 is 0 Å². The van der Waals surface area contributed by atoms with Crippen LogP contribution in [0.15, 0.2) is 12.4 Å². The largest absolute Gasteiger partial charge is 0.316 e. The Morgan fingerprint density at radius 1 is 1.33 bits per heavy atom. The molecule has 1 rings (SSSR count). The molecule has 0 aliphatic carbocycles. The van der Waals surface area contributed by atoms with Crippen LogP contribution >= 0.6 is 0 Å². The summed E-state index contributed by atoms with van der Waals surface area (Å²) in [5.41, 5.74) is 0. The molecule has 0 radical (unpaired) electrons. The summed E-state index contributed by atoms with van der Waals surface area (Å²) in [4.78, 5) is 0. The first-order valence-corrected chi connectivity index (χ1v) is 3.64. The van der Waals surface area contributed by atoms with Crippen LogP contribution < -0.4 is 9.44 Å². The van der Waals surface area contributed by atoms with Crippen molar-refractivity contribution in [2.24, 2.45) is 0 Å². The van der Waals surface area contributed by atoms with Crippen LogP contribution in [0.5, 0.6) is 0 Å². The molecule has 0 saturated heterocycles. The quantitative estimate of drug-likeness (QED) is 0.453. The highest BCUT2D eigenvalue weighted by Gasteiger charge is 1.87. The SMILES string of the molecule is S=S1NC=CN1. The van der Waals surface area contributed by atoms with E-state index >= 15 is 0 Å². The summed E-state index contributed by atoms with van der Waals surface area (Å²) in [7, 11) is -0.201. The van der Waals surface area contributed by atoms with Gasteiger partial charge in [0.25, 0.3) is 0 Å². The Morgan fingerprint density at radius 3 is 2.00 bits per heavy atom. The summed E-state index contributed by atoms with van der Waals surface area (Å²) >= 11 is 4.75. The first-order chi connectivity index (χ1) is 2.89. The highest BCUT2D eigenvalue weighted by molar-refractivity contribution is 8.26. The predicted octanol–water partition coefficient (Wildman–Crippen LogP) is -0.439. The zero-order chi connectivity index (χ0) is 4.41. The number of nitrogens with one attached hydrogen (secondary N) is 2. The van der Waals surface area contributed by atoms with Crippen LogP contribution in [0, 0.1) is 0 Å². The maximum absolute atomic E-state index is 4.75. The topological polar surface area (TPSA) is 24.1 Å². The van der Waals surface area contributed by atoms with Crippen LogP contribution in [0.25, 0.3) is 0 Å². The van der Waals surface area contributed by atoms with Crippen LogP contribution in [-0.4, -0.2) is 0 Å². The second-order valence-corrected chi connectivity index (χ2v) is 2.85. The lowest BCUT2D eigenvalue weighted by molar-refractivity contribution is 1.44. The van der Waals surface area contributed by atoms with Crippen molar-refractivity contribution >= 4 is 21.0 Å². The maximum atomic E-state index is 4.75. The Hall–Kier alpha value is -0.0900. The number of hydrogen-bond donors (Lipinski definition) is 2. The average Bonchev–Trinajstić information content (AvgIpc) is 1.86. The molecule has 6 heavy (non-hydrogen) atoms. The van der Waals surface area contributed by atoms with Crippen LogP contribution in [-0.2, 0) is 21.0 Å². The summed E-state index contributed by atoms with van der Waals surface area (Å²) in [5, 5.41) is 0. The molecule has 1 aliphatic rings. The fraction of sp³-hybridized carbons (Fsp3) is 0. The molecule has 0 atom stereocenters. The average molecular weight is 120 g/mol. The summed E-state index contributed by atoms with van der Waals surface area (Å²) in [6, 6.07) is 0. The van der Waals surface area contributed by atoms with Gasteiger partial charge in [-0.1, -0.05) is 0 Å². The molecule has 0 aromatic carbocycles. The fourth-order valence-electron chi connectivity index (χ4n) is 0.226. The third-order valence-corrected chi connectivity index (χ3v) is 1.71. The van der Waals surface area contributed by atoms with E-state index in [0.717, 1.165) is 0 Å². The lowest BCUT2D eigenvalue weighted by Crippen LogP contribution is -2.11. The molecule has 0 amide bonds. The van der Waals surface area contributed by atoms with Gasteiger partial charge >= 0.3 is 0 Å². The molecule has 1 heterocycles. The second kappa shape index (κ2) is 1.57. The van der Waals surface area contributed by atoms with Gasteiger partial charge in [-0.2, -0.15) is 0 Å². The van der Waals surface area contributed by atoms with Gasteiger partial charge in [-0.15, -0.1) is 0 Å². The molecule has 4 heteroatoms. The molecule has 34 valence electrons. The van der Waals surface area contributed by atoms with Gasteiger partial charge in [0.15, 0.2) is 0 Å². The first kappa shape index (κ1) is 4.08. The molecular formula is C2H4N2S2. The lowest BCUT2D eigenvalue weighted by Gasteiger charge is -1.88. The Bertz CT molecular complexity index is 87.7. The molecule has 1 aliphatic heterocycles. The van der Waals surface area contributed by atoms with Crippen LogP contribution in [0.2, 0.25) is 0 Å². The summed E-state index contributed by atoms with van der Waals surface area (Å²) in [5.74, 6) is 0. The number of rotatable bonds is 0. The van der Waals surface area contributed by atoms with Crippen molar-refractivity contribution in [2.45, 2.75) is 0 Å². The normalized spacial score (nSPS) is 20.0. The van der Waals surface area contributed by atoms with Gasteiger partial charge < -0.3 is 9.44 Å². The Balaban J connectivity index is 2.52. The first-order valence-electron chi connectivity index (χ1n) is 1.49. The van der Waals surface area contributed by atoms with E-state index in [9.17, 15) is 0 Å². The molecule has 2 nitrogen and oxygen atoms in total. The van der Waals surface area contributed by atoms with E-state index in [1.54, 1.807) is 12.4 Å². The van der Waals surface area contributed by atoms with E-state index in [-0.39, 0.29) is 9.83 Å². The van der Waals surface area contributed by atoms with Crippen molar-refractivity contribution in [1.82, 2.24) is 9.44 Å². The molecule has 0 aromatic heterocycles. The standard InChI is InChI=1S/C2H4N2S2/c5-6-3-1-2-4-6/h1-4H. The lowest BCUT2D eigenvalue weighted by atomic mass is 11.0. The Morgan fingerprint density at radius 2 is 1.83 bits per heavy atom. The molecule has 0 aromatic rings. The van der Waals surface area contributed by atoms with Gasteiger partial charge in [-0.25, -0.2) is 0 Å². The third-order valence-electron chi connectivity index (χ3n) is 0.433. The van der Waals surface area contributed by atoms with Gasteiger partial charge in [0.2, 0.25) is 0 Å². The van der Waals surface area contributed by atoms with Crippen molar-refractivity contribution in [3.05, 3.63) is 12.4 Å². The van der Waals surface area contributed by atoms with Gasteiger partial charge in [0.1, 0.15) is 0 Å². The molecule has 0 bridgehead atoms. The summed E-state index contributed by atoms with van der Waals surface area (Å²) in [6.45, 7) is 0. The van der Waals surface area contributed by atoms with E-state index in [0.29, 0.717) is 0 Å². The third kappa shape index (κ3) is 0.693. The van der Waals surface area contributed by atoms with Crippen LogP contribution in [0.1, 0.15) is 0 Å². The van der Waals surface area contributed by atoms with E-state index in [4.69, 9.17) is 11.2 Å². The van der Waals surface area contributed by atoms with Crippen LogP contribution in [0.4, 0.5) is 0 Å². The van der Waals surface area contributed by atoms with Gasteiger partial charge in [-0.3, -0.25) is 0 Å². The molecule has 0 unspecified atom stereocenters. The molecule has 0 fully saturated rings. The minimum Gasteiger partial charge on any atom is -0.316 e. The van der Waals surface area contributed by atoms with Gasteiger partial charge in [-0.05, 0) is 11.2 Å². The fourth-order valence-corrected chi connectivity index (χ4v) is 1.01. The monoisotopic (exact) mass is 120 g/mol. The van der Waals surface area contributed by atoms with Crippen molar-refractivity contribution in [3.8, 4) is 0 Å². The van der Waals surface area contributed by atoms with E-state index in [1.165, 1.54) is 0 Å². The zero-order valence-corrected chi connectivity index (χ0v) is 4.60. The van der Waals surface area contributed by atoms with E-state index in [1.807, 2.05) is 0 Å². The Labute approximate surface area is 43.5 Å². The highest BCUT2D eigenvalue weighted by atomic mass is 32.8. The molecular weight excluding hydrogens is 116 g/mol. The predicted molar refractivity (Wildman–Crippen MR) is 30.1 cm³/mol. The minimum atomic E-state index is -0.201. The highest BCUT2D eigenvalue weighted by Crippen LogP contribution is 1.76. The minimum absolute atomic E-state index is 0.201. The second-order valence-electron chi connectivity index (χ2n) is 0.838. The summed E-state index contributed by atoms with van der Waals surface area (Å²) < 4.78 is 5.74. The van der Waals surface area contributed by atoms with Crippen molar-refractivity contribution in [1.29, 1.82) is 0 Å².